The zero-order valence-corrected chi connectivity index (χ0v) is 10.6. The standard InChI is InChI=1S/C12H19N5/c1-12(2,3)7-17-9(5-13)4-8-6-15-11(14)16-10(8)17/h4,6H,5,7,13H2,1-3H3,(H2,14,15,16). The average molecular weight is 233 g/mol. The lowest BCUT2D eigenvalue weighted by Gasteiger charge is -2.21. The van der Waals surface area contributed by atoms with E-state index in [4.69, 9.17) is 11.5 Å². The SMILES string of the molecule is CC(C)(C)Cn1c(CN)cc2cnc(N)nc21. The first-order valence-corrected chi connectivity index (χ1v) is 5.71. The monoisotopic (exact) mass is 233 g/mol. The molecule has 0 aromatic carbocycles. The fourth-order valence-corrected chi connectivity index (χ4v) is 1.93. The average Bonchev–Trinajstić information content (AvgIpc) is 2.54. The molecule has 0 unspecified atom stereocenters. The highest BCUT2D eigenvalue weighted by atomic mass is 15.1. The topological polar surface area (TPSA) is 82.8 Å². The lowest BCUT2D eigenvalue weighted by Crippen LogP contribution is -2.19. The lowest BCUT2D eigenvalue weighted by molar-refractivity contribution is 0.344. The normalized spacial score (nSPS) is 12.2. The molecule has 0 fully saturated rings. The first-order valence-electron chi connectivity index (χ1n) is 5.71. The molecular formula is C12H19N5. The molecule has 2 aromatic rings. The number of nitrogens with zero attached hydrogens (tertiary/aromatic N) is 3. The van der Waals surface area contributed by atoms with Gasteiger partial charge in [0.15, 0.2) is 0 Å². The molecule has 0 radical (unpaired) electrons. The van der Waals surface area contributed by atoms with Crippen LogP contribution in [0.2, 0.25) is 0 Å². The molecular weight excluding hydrogens is 214 g/mol. The maximum Gasteiger partial charge on any atom is 0.221 e. The number of hydrogen-bond donors (Lipinski definition) is 2. The van der Waals surface area contributed by atoms with Crippen molar-refractivity contribution in [3.05, 3.63) is 18.0 Å². The quantitative estimate of drug-likeness (QED) is 0.823. The van der Waals surface area contributed by atoms with E-state index in [0.717, 1.165) is 23.3 Å². The molecule has 0 spiro atoms. The van der Waals surface area contributed by atoms with Gasteiger partial charge in [0.05, 0.1) is 0 Å². The van der Waals surface area contributed by atoms with Crippen LogP contribution in [0.15, 0.2) is 12.3 Å². The van der Waals surface area contributed by atoms with Crippen molar-refractivity contribution in [1.82, 2.24) is 14.5 Å². The number of fused-ring (bicyclic) bond motifs is 1. The summed E-state index contributed by atoms with van der Waals surface area (Å²) in [4.78, 5) is 8.31. The number of hydrogen-bond acceptors (Lipinski definition) is 4. The van der Waals surface area contributed by atoms with Gasteiger partial charge in [-0.05, 0) is 11.5 Å². The summed E-state index contributed by atoms with van der Waals surface area (Å²) in [6, 6.07) is 2.03. The smallest absolute Gasteiger partial charge is 0.221 e. The summed E-state index contributed by atoms with van der Waals surface area (Å²) in [5.41, 5.74) is 13.5. The van der Waals surface area contributed by atoms with Crippen LogP contribution in [0, 0.1) is 5.41 Å². The summed E-state index contributed by atoms with van der Waals surface area (Å²) >= 11 is 0. The van der Waals surface area contributed by atoms with Gasteiger partial charge in [-0.15, -0.1) is 0 Å². The molecule has 0 bridgehead atoms. The fraction of sp³-hybridized carbons (Fsp3) is 0.500. The van der Waals surface area contributed by atoms with Crippen molar-refractivity contribution in [2.75, 3.05) is 5.73 Å². The van der Waals surface area contributed by atoms with E-state index in [1.807, 2.05) is 6.07 Å². The molecule has 0 aliphatic heterocycles. The fourth-order valence-electron chi connectivity index (χ4n) is 1.93. The van der Waals surface area contributed by atoms with Gasteiger partial charge in [0, 0.05) is 30.4 Å². The molecule has 92 valence electrons. The van der Waals surface area contributed by atoms with Gasteiger partial charge in [-0.2, -0.15) is 4.98 Å². The van der Waals surface area contributed by atoms with E-state index in [2.05, 4.69) is 35.3 Å². The summed E-state index contributed by atoms with van der Waals surface area (Å²) in [5, 5.41) is 0.990. The Kier molecular flexibility index (Phi) is 2.79. The van der Waals surface area contributed by atoms with E-state index in [0.29, 0.717) is 12.5 Å². The number of rotatable bonds is 2. The summed E-state index contributed by atoms with van der Waals surface area (Å²) < 4.78 is 2.13. The van der Waals surface area contributed by atoms with Crippen LogP contribution in [0.1, 0.15) is 26.5 Å². The van der Waals surface area contributed by atoms with E-state index in [1.165, 1.54) is 0 Å². The third-order valence-corrected chi connectivity index (χ3v) is 2.58. The summed E-state index contributed by atoms with van der Waals surface area (Å²) in [6.07, 6.45) is 1.75. The highest BCUT2D eigenvalue weighted by molar-refractivity contribution is 5.77. The molecule has 0 aliphatic rings. The number of nitrogen functional groups attached to an aromatic ring is 1. The van der Waals surface area contributed by atoms with Crippen molar-refractivity contribution >= 4 is 17.0 Å². The Morgan fingerprint density at radius 1 is 1.35 bits per heavy atom. The number of anilines is 1. The van der Waals surface area contributed by atoms with Crippen LogP contribution in [0.5, 0.6) is 0 Å². The minimum atomic E-state index is 0.162. The molecule has 5 nitrogen and oxygen atoms in total. The van der Waals surface area contributed by atoms with Crippen LogP contribution in [0.25, 0.3) is 11.0 Å². The third-order valence-electron chi connectivity index (χ3n) is 2.58. The van der Waals surface area contributed by atoms with Gasteiger partial charge in [0.2, 0.25) is 5.95 Å². The molecule has 0 atom stereocenters. The molecule has 17 heavy (non-hydrogen) atoms. The number of nitrogens with two attached hydrogens (primary N) is 2. The van der Waals surface area contributed by atoms with Crippen molar-refractivity contribution in [2.24, 2.45) is 11.1 Å². The van der Waals surface area contributed by atoms with E-state index in [9.17, 15) is 0 Å². The van der Waals surface area contributed by atoms with Crippen molar-refractivity contribution in [2.45, 2.75) is 33.9 Å². The van der Waals surface area contributed by atoms with Crippen LogP contribution in [-0.4, -0.2) is 14.5 Å². The van der Waals surface area contributed by atoms with Gasteiger partial charge < -0.3 is 16.0 Å². The van der Waals surface area contributed by atoms with Gasteiger partial charge in [-0.25, -0.2) is 4.98 Å². The molecule has 4 N–H and O–H groups in total. The Bertz CT molecular complexity index is 536. The van der Waals surface area contributed by atoms with E-state index >= 15 is 0 Å². The highest BCUT2D eigenvalue weighted by Crippen LogP contribution is 2.24. The van der Waals surface area contributed by atoms with Crippen molar-refractivity contribution < 1.29 is 0 Å². The maximum absolute atomic E-state index is 5.77. The Morgan fingerprint density at radius 2 is 2.06 bits per heavy atom. The van der Waals surface area contributed by atoms with Gasteiger partial charge >= 0.3 is 0 Å². The van der Waals surface area contributed by atoms with Crippen LogP contribution < -0.4 is 11.5 Å². The zero-order chi connectivity index (χ0) is 12.6. The summed E-state index contributed by atoms with van der Waals surface area (Å²) in [7, 11) is 0. The Hall–Kier alpha value is -1.62. The largest absolute Gasteiger partial charge is 0.368 e. The second kappa shape index (κ2) is 4.00. The van der Waals surface area contributed by atoms with Crippen molar-refractivity contribution in [1.29, 1.82) is 0 Å². The Labute approximate surface area is 101 Å². The van der Waals surface area contributed by atoms with E-state index in [1.54, 1.807) is 6.20 Å². The molecule has 0 amide bonds. The summed E-state index contributed by atoms with van der Waals surface area (Å²) in [5.74, 6) is 0.300. The predicted octanol–water partition coefficient (Wildman–Crippen LogP) is 1.52. The molecule has 0 saturated carbocycles. The third kappa shape index (κ3) is 2.39. The minimum Gasteiger partial charge on any atom is -0.368 e. The van der Waals surface area contributed by atoms with Crippen LogP contribution in [-0.2, 0) is 13.1 Å². The van der Waals surface area contributed by atoms with Crippen LogP contribution in [0.4, 0.5) is 5.95 Å². The Balaban J connectivity index is 2.60. The maximum atomic E-state index is 5.77. The van der Waals surface area contributed by atoms with Gasteiger partial charge in [-0.3, -0.25) is 0 Å². The molecule has 2 aromatic heterocycles. The van der Waals surface area contributed by atoms with E-state index < -0.39 is 0 Å². The summed E-state index contributed by atoms with van der Waals surface area (Å²) in [6.45, 7) is 7.91. The Morgan fingerprint density at radius 3 is 2.65 bits per heavy atom. The molecule has 0 aliphatic carbocycles. The van der Waals surface area contributed by atoms with Gasteiger partial charge in [0.1, 0.15) is 5.65 Å². The van der Waals surface area contributed by atoms with Crippen LogP contribution >= 0.6 is 0 Å². The number of aromatic nitrogens is 3. The van der Waals surface area contributed by atoms with Gasteiger partial charge in [0.25, 0.3) is 0 Å². The van der Waals surface area contributed by atoms with Crippen molar-refractivity contribution in [3.8, 4) is 0 Å². The predicted molar refractivity (Wildman–Crippen MR) is 69.3 cm³/mol. The molecule has 2 heterocycles. The second-order valence-corrected chi connectivity index (χ2v) is 5.49. The zero-order valence-electron chi connectivity index (χ0n) is 10.6. The molecule has 2 rings (SSSR count). The first kappa shape index (κ1) is 11.9. The van der Waals surface area contributed by atoms with Crippen LogP contribution in [0.3, 0.4) is 0 Å². The molecule has 0 saturated heterocycles. The highest BCUT2D eigenvalue weighted by Gasteiger charge is 2.17. The second-order valence-electron chi connectivity index (χ2n) is 5.49. The van der Waals surface area contributed by atoms with Gasteiger partial charge in [-0.1, -0.05) is 20.8 Å². The van der Waals surface area contributed by atoms with E-state index in [-0.39, 0.29) is 5.41 Å². The minimum absolute atomic E-state index is 0.162. The molecule has 5 heteroatoms. The lowest BCUT2D eigenvalue weighted by atomic mass is 9.97. The first-order chi connectivity index (χ1) is 7.90. The van der Waals surface area contributed by atoms with Crippen molar-refractivity contribution in [3.63, 3.8) is 0 Å².